The van der Waals surface area contributed by atoms with Crippen LogP contribution in [0.2, 0.25) is 0 Å². The molecule has 0 spiro atoms. The standard InChI is InChI=1S/C7H14N2O3/c1-3-5-7(8-10,6-4-2)9(11)12/h3-6H2,1-2H3. The normalized spacial score (nSPS) is 11.2. The third kappa shape index (κ3) is 2.25. The van der Waals surface area contributed by atoms with Crippen molar-refractivity contribution >= 4 is 0 Å². The lowest BCUT2D eigenvalue weighted by Gasteiger charge is -2.15. The number of nitro groups is 1. The lowest BCUT2D eigenvalue weighted by molar-refractivity contribution is -0.571. The van der Waals surface area contributed by atoms with Crippen molar-refractivity contribution in [1.29, 1.82) is 0 Å². The number of hydrogen-bond acceptors (Lipinski definition) is 4. The molecule has 0 rings (SSSR count). The Morgan fingerprint density at radius 3 is 1.92 bits per heavy atom. The van der Waals surface area contributed by atoms with E-state index in [0.717, 1.165) is 0 Å². The molecule has 0 aromatic heterocycles. The minimum Gasteiger partial charge on any atom is -0.262 e. The molecule has 0 aliphatic heterocycles. The van der Waals surface area contributed by atoms with Crippen LogP contribution >= 0.6 is 0 Å². The van der Waals surface area contributed by atoms with E-state index >= 15 is 0 Å². The summed E-state index contributed by atoms with van der Waals surface area (Å²) in [5.74, 6) is 0. The minimum absolute atomic E-state index is 0.233. The molecule has 12 heavy (non-hydrogen) atoms. The number of nitroso groups, excluding NO2 is 1. The largest absolute Gasteiger partial charge is 0.348 e. The molecule has 0 unspecified atom stereocenters. The van der Waals surface area contributed by atoms with Gasteiger partial charge >= 0.3 is 5.66 Å². The molecule has 0 N–H and O–H groups in total. The Morgan fingerprint density at radius 2 is 1.75 bits per heavy atom. The Bertz CT molecular complexity index is 164. The van der Waals surface area contributed by atoms with Crippen molar-refractivity contribution in [3.05, 3.63) is 15.0 Å². The predicted molar refractivity (Wildman–Crippen MR) is 45.3 cm³/mol. The Balaban J connectivity index is 4.50. The van der Waals surface area contributed by atoms with Gasteiger partial charge < -0.3 is 0 Å². The molecular weight excluding hydrogens is 160 g/mol. The maximum Gasteiger partial charge on any atom is 0.348 e. The molecule has 0 radical (unpaired) electrons. The minimum atomic E-state index is -1.57. The van der Waals surface area contributed by atoms with Crippen molar-refractivity contribution in [3.63, 3.8) is 0 Å². The first kappa shape index (κ1) is 11.0. The maximum atomic E-state index is 10.5. The lowest BCUT2D eigenvalue weighted by Crippen LogP contribution is -2.35. The highest BCUT2D eigenvalue weighted by atomic mass is 16.6. The van der Waals surface area contributed by atoms with Crippen LogP contribution in [-0.2, 0) is 0 Å². The molecule has 0 saturated heterocycles. The third-order valence-corrected chi connectivity index (χ3v) is 1.81. The van der Waals surface area contributed by atoms with Gasteiger partial charge in [-0.05, 0) is 12.8 Å². The van der Waals surface area contributed by atoms with E-state index in [1.807, 2.05) is 0 Å². The fourth-order valence-corrected chi connectivity index (χ4v) is 1.23. The van der Waals surface area contributed by atoms with Gasteiger partial charge in [0.25, 0.3) is 0 Å². The van der Waals surface area contributed by atoms with Crippen molar-refractivity contribution in [2.45, 2.75) is 45.2 Å². The Labute approximate surface area is 71.3 Å². The summed E-state index contributed by atoms with van der Waals surface area (Å²) < 4.78 is 0. The van der Waals surface area contributed by atoms with Gasteiger partial charge in [-0.3, -0.25) is 10.1 Å². The second-order valence-electron chi connectivity index (χ2n) is 2.83. The average Bonchev–Trinajstić information content (AvgIpc) is 2.03. The third-order valence-electron chi connectivity index (χ3n) is 1.81. The molecule has 0 aromatic rings. The summed E-state index contributed by atoms with van der Waals surface area (Å²) in [6.07, 6.45) is 1.67. The highest BCUT2D eigenvalue weighted by Crippen LogP contribution is 2.24. The smallest absolute Gasteiger partial charge is 0.262 e. The number of nitrogens with zero attached hydrogens (tertiary/aromatic N) is 2. The first-order valence-electron chi connectivity index (χ1n) is 4.12. The van der Waals surface area contributed by atoms with Crippen LogP contribution < -0.4 is 0 Å². The van der Waals surface area contributed by atoms with Crippen LogP contribution in [0.3, 0.4) is 0 Å². The zero-order valence-corrected chi connectivity index (χ0v) is 7.45. The monoisotopic (exact) mass is 174 g/mol. The topological polar surface area (TPSA) is 72.6 Å². The molecule has 0 heterocycles. The molecule has 0 bridgehead atoms. The fourth-order valence-electron chi connectivity index (χ4n) is 1.23. The van der Waals surface area contributed by atoms with Gasteiger partial charge in [0.15, 0.2) is 0 Å². The molecule has 0 aliphatic carbocycles. The van der Waals surface area contributed by atoms with E-state index < -0.39 is 10.6 Å². The van der Waals surface area contributed by atoms with Crippen LogP contribution in [0.15, 0.2) is 5.18 Å². The highest BCUT2D eigenvalue weighted by molar-refractivity contribution is 4.74. The SMILES string of the molecule is CCCC(CCC)(N=O)[N+](=O)[O-]. The summed E-state index contributed by atoms with van der Waals surface area (Å²) in [5, 5.41) is 13.2. The molecule has 0 amide bonds. The average molecular weight is 174 g/mol. The van der Waals surface area contributed by atoms with Crippen LogP contribution in [0.25, 0.3) is 0 Å². The quantitative estimate of drug-likeness (QED) is 0.352. The van der Waals surface area contributed by atoms with E-state index in [9.17, 15) is 15.0 Å². The summed E-state index contributed by atoms with van der Waals surface area (Å²) in [6, 6.07) is 0. The molecular formula is C7H14N2O3. The molecule has 0 saturated carbocycles. The Morgan fingerprint density at radius 1 is 1.33 bits per heavy atom. The van der Waals surface area contributed by atoms with Crippen molar-refractivity contribution < 1.29 is 4.92 Å². The summed E-state index contributed by atoms with van der Waals surface area (Å²) in [4.78, 5) is 20.3. The second-order valence-corrected chi connectivity index (χ2v) is 2.83. The molecule has 0 aliphatic rings. The Kier molecular flexibility index (Phi) is 4.39. The predicted octanol–water partition coefficient (Wildman–Crippen LogP) is 2.33. The Hall–Kier alpha value is -1.00. The van der Waals surface area contributed by atoms with E-state index in [4.69, 9.17) is 0 Å². The van der Waals surface area contributed by atoms with Crippen LogP contribution in [0, 0.1) is 15.0 Å². The summed E-state index contributed by atoms with van der Waals surface area (Å²) >= 11 is 0. The maximum absolute atomic E-state index is 10.5. The second kappa shape index (κ2) is 4.79. The van der Waals surface area contributed by atoms with Crippen LogP contribution in [0.4, 0.5) is 0 Å². The van der Waals surface area contributed by atoms with E-state index in [2.05, 4.69) is 5.18 Å². The van der Waals surface area contributed by atoms with Gasteiger partial charge in [0.2, 0.25) is 0 Å². The molecule has 70 valence electrons. The van der Waals surface area contributed by atoms with Gasteiger partial charge in [-0.1, -0.05) is 13.8 Å². The fraction of sp³-hybridized carbons (Fsp3) is 1.00. The van der Waals surface area contributed by atoms with Gasteiger partial charge in [0, 0.05) is 18.0 Å². The zero-order chi connectivity index (χ0) is 9.61. The molecule has 5 nitrogen and oxygen atoms in total. The number of hydrogen-bond donors (Lipinski definition) is 0. The zero-order valence-electron chi connectivity index (χ0n) is 7.45. The van der Waals surface area contributed by atoms with E-state index in [-0.39, 0.29) is 12.8 Å². The van der Waals surface area contributed by atoms with Gasteiger partial charge in [0.05, 0.1) is 4.92 Å². The van der Waals surface area contributed by atoms with E-state index in [1.54, 1.807) is 13.8 Å². The lowest BCUT2D eigenvalue weighted by atomic mass is 10.0. The molecule has 0 aromatic carbocycles. The van der Waals surface area contributed by atoms with Gasteiger partial charge in [0.1, 0.15) is 0 Å². The van der Waals surface area contributed by atoms with Crippen molar-refractivity contribution in [2.75, 3.05) is 0 Å². The summed E-state index contributed by atoms with van der Waals surface area (Å²) in [7, 11) is 0. The van der Waals surface area contributed by atoms with Gasteiger partial charge in [-0.15, -0.1) is 4.91 Å². The molecule has 5 heteroatoms. The van der Waals surface area contributed by atoms with Crippen molar-refractivity contribution in [3.8, 4) is 0 Å². The molecule has 0 atom stereocenters. The van der Waals surface area contributed by atoms with Gasteiger partial charge in [-0.2, -0.15) is 0 Å². The van der Waals surface area contributed by atoms with Crippen LogP contribution in [-0.4, -0.2) is 10.6 Å². The first-order valence-corrected chi connectivity index (χ1v) is 4.12. The van der Waals surface area contributed by atoms with E-state index in [0.29, 0.717) is 12.8 Å². The van der Waals surface area contributed by atoms with Gasteiger partial charge in [-0.25, -0.2) is 0 Å². The van der Waals surface area contributed by atoms with Crippen LogP contribution in [0.1, 0.15) is 39.5 Å². The molecule has 0 fully saturated rings. The summed E-state index contributed by atoms with van der Waals surface area (Å²) in [6.45, 7) is 3.61. The van der Waals surface area contributed by atoms with E-state index in [1.165, 1.54) is 0 Å². The highest BCUT2D eigenvalue weighted by Gasteiger charge is 2.42. The summed E-state index contributed by atoms with van der Waals surface area (Å²) in [5.41, 5.74) is -1.57. The van der Waals surface area contributed by atoms with Crippen molar-refractivity contribution in [1.82, 2.24) is 0 Å². The first-order chi connectivity index (χ1) is 5.63. The number of rotatable bonds is 6. The van der Waals surface area contributed by atoms with Crippen LogP contribution in [0.5, 0.6) is 0 Å². The van der Waals surface area contributed by atoms with Crippen molar-refractivity contribution in [2.24, 2.45) is 5.18 Å².